The molecular formula is C11H16N4S3. The maximum Gasteiger partial charge on any atom is 0.206 e. The van der Waals surface area contributed by atoms with Gasteiger partial charge in [-0.2, -0.15) is 11.8 Å². The number of anilines is 1. The average molecular weight is 300 g/mol. The molecule has 1 N–H and O–H groups in total. The van der Waals surface area contributed by atoms with Crippen LogP contribution in [0.4, 0.5) is 5.13 Å². The first-order valence-electron chi connectivity index (χ1n) is 5.86. The molecule has 98 valence electrons. The summed E-state index contributed by atoms with van der Waals surface area (Å²) in [4.78, 5) is 5.75. The lowest BCUT2D eigenvalue weighted by molar-refractivity contribution is 1.07. The second-order valence-corrected chi connectivity index (χ2v) is 6.94. The first kappa shape index (κ1) is 13.8. The van der Waals surface area contributed by atoms with Crippen LogP contribution in [0.2, 0.25) is 0 Å². The van der Waals surface area contributed by atoms with Crippen molar-refractivity contribution in [3.05, 3.63) is 10.7 Å². The Morgan fingerprint density at radius 2 is 2.06 bits per heavy atom. The normalized spacial score (nSPS) is 10.8. The number of hydrogen-bond donors (Lipinski definition) is 1. The van der Waals surface area contributed by atoms with Gasteiger partial charge in [-0.3, -0.25) is 0 Å². The Labute approximate surface area is 119 Å². The van der Waals surface area contributed by atoms with E-state index in [1.807, 2.05) is 18.7 Å². The maximum atomic E-state index is 4.60. The van der Waals surface area contributed by atoms with Gasteiger partial charge in [0.25, 0.3) is 0 Å². The van der Waals surface area contributed by atoms with E-state index < -0.39 is 0 Å². The van der Waals surface area contributed by atoms with E-state index in [9.17, 15) is 0 Å². The average Bonchev–Trinajstić information content (AvgIpc) is 2.94. The quantitative estimate of drug-likeness (QED) is 0.882. The van der Waals surface area contributed by atoms with Gasteiger partial charge in [0.05, 0.1) is 10.6 Å². The van der Waals surface area contributed by atoms with Crippen LogP contribution in [0.15, 0.2) is 0 Å². The van der Waals surface area contributed by atoms with Crippen molar-refractivity contribution in [3.8, 4) is 9.88 Å². The molecule has 0 bridgehead atoms. The van der Waals surface area contributed by atoms with Crippen molar-refractivity contribution in [3.63, 3.8) is 0 Å². The van der Waals surface area contributed by atoms with Crippen molar-refractivity contribution in [2.75, 3.05) is 17.6 Å². The predicted molar refractivity (Wildman–Crippen MR) is 81.8 cm³/mol. The highest BCUT2D eigenvalue weighted by Crippen LogP contribution is 2.34. The van der Waals surface area contributed by atoms with E-state index >= 15 is 0 Å². The lowest BCUT2D eigenvalue weighted by Gasteiger charge is -1.92. The number of thioether (sulfide) groups is 1. The van der Waals surface area contributed by atoms with Gasteiger partial charge in [0.2, 0.25) is 5.13 Å². The summed E-state index contributed by atoms with van der Waals surface area (Å²) < 4.78 is 0. The fourth-order valence-corrected chi connectivity index (χ4v) is 4.16. The second kappa shape index (κ2) is 6.49. The number of nitrogens with zero attached hydrogens (tertiary/aromatic N) is 3. The molecule has 7 heteroatoms. The molecule has 0 atom stereocenters. The highest BCUT2D eigenvalue weighted by Gasteiger charge is 2.14. The number of hydrogen-bond acceptors (Lipinski definition) is 7. The van der Waals surface area contributed by atoms with Crippen molar-refractivity contribution < 1.29 is 0 Å². The van der Waals surface area contributed by atoms with Gasteiger partial charge in [0.15, 0.2) is 5.01 Å². The summed E-state index contributed by atoms with van der Waals surface area (Å²) >= 11 is 5.22. The molecule has 0 spiro atoms. The lowest BCUT2D eigenvalue weighted by Crippen LogP contribution is -1.94. The van der Waals surface area contributed by atoms with Crippen LogP contribution in [0.3, 0.4) is 0 Å². The van der Waals surface area contributed by atoms with E-state index in [1.54, 1.807) is 22.7 Å². The number of aryl methyl sites for hydroxylation is 1. The van der Waals surface area contributed by atoms with Crippen LogP contribution >= 0.6 is 34.4 Å². The SMILES string of the molecule is CCNc1nnc(-c2sc(CSCC)nc2C)s1. The van der Waals surface area contributed by atoms with Gasteiger partial charge < -0.3 is 5.32 Å². The van der Waals surface area contributed by atoms with Gasteiger partial charge in [-0.1, -0.05) is 18.3 Å². The number of rotatable bonds is 6. The van der Waals surface area contributed by atoms with Crippen molar-refractivity contribution >= 4 is 39.6 Å². The molecular weight excluding hydrogens is 284 g/mol. The lowest BCUT2D eigenvalue weighted by atomic mass is 10.4. The summed E-state index contributed by atoms with van der Waals surface area (Å²) in [5, 5.41) is 14.6. The van der Waals surface area contributed by atoms with E-state index in [0.717, 1.165) is 38.8 Å². The van der Waals surface area contributed by atoms with E-state index in [2.05, 4.69) is 34.3 Å². The van der Waals surface area contributed by atoms with Crippen LogP contribution in [0.25, 0.3) is 9.88 Å². The zero-order valence-electron chi connectivity index (χ0n) is 10.7. The molecule has 0 aliphatic carbocycles. The molecule has 0 aliphatic rings. The molecule has 2 aromatic rings. The molecule has 0 saturated carbocycles. The Balaban J connectivity index is 2.18. The largest absolute Gasteiger partial charge is 0.360 e. The van der Waals surface area contributed by atoms with Crippen LogP contribution in [0.1, 0.15) is 24.5 Å². The Hall–Kier alpha value is -0.660. The summed E-state index contributed by atoms with van der Waals surface area (Å²) in [6, 6.07) is 0. The number of thiazole rings is 1. The Bertz CT molecular complexity index is 506. The summed E-state index contributed by atoms with van der Waals surface area (Å²) in [5.41, 5.74) is 1.06. The summed E-state index contributed by atoms with van der Waals surface area (Å²) in [5.74, 6) is 2.11. The maximum absolute atomic E-state index is 4.60. The predicted octanol–water partition coefficient (Wildman–Crippen LogP) is 3.65. The van der Waals surface area contributed by atoms with E-state index in [1.165, 1.54) is 5.01 Å². The molecule has 0 saturated heterocycles. The molecule has 2 rings (SSSR count). The third-order valence-corrected chi connectivity index (χ3v) is 5.48. The van der Waals surface area contributed by atoms with Crippen LogP contribution in [0, 0.1) is 6.92 Å². The standard InChI is InChI=1S/C11H16N4S3/c1-4-12-11-15-14-10(18-11)9-7(3)13-8(17-9)6-16-5-2/h4-6H2,1-3H3,(H,12,15). The molecule has 0 fully saturated rings. The topological polar surface area (TPSA) is 50.7 Å². The molecule has 2 aromatic heterocycles. The third-order valence-electron chi connectivity index (χ3n) is 2.22. The summed E-state index contributed by atoms with van der Waals surface area (Å²) in [6.07, 6.45) is 0. The fraction of sp³-hybridized carbons (Fsp3) is 0.545. The second-order valence-electron chi connectivity index (χ2n) is 3.60. The minimum atomic E-state index is 0.870. The minimum absolute atomic E-state index is 0.870. The zero-order chi connectivity index (χ0) is 13.0. The Kier molecular flexibility index (Phi) is 4.96. The number of aromatic nitrogens is 3. The van der Waals surface area contributed by atoms with Crippen LogP contribution < -0.4 is 5.32 Å². The van der Waals surface area contributed by atoms with E-state index in [0.29, 0.717) is 0 Å². The highest BCUT2D eigenvalue weighted by atomic mass is 32.2. The third kappa shape index (κ3) is 3.21. The van der Waals surface area contributed by atoms with Crippen molar-refractivity contribution in [2.45, 2.75) is 26.5 Å². The zero-order valence-corrected chi connectivity index (χ0v) is 13.1. The molecule has 0 unspecified atom stereocenters. The Morgan fingerprint density at radius 3 is 2.78 bits per heavy atom. The molecule has 0 radical (unpaired) electrons. The Morgan fingerprint density at radius 1 is 1.22 bits per heavy atom. The fourth-order valence-electron chi connectivity index (χ4n) is 1.44. The van der Waals surface area contributed by atoms with Gasteiger partial charge >= 0.3 is 0 Å². The van der Waals surface area contributed by atoms with E-state index in [4.69, 9.17) is 0 Å². The smallest absolute Gasteiger partial charge is 0.206 e. The monoisotopic (exact) mass is 300 g/mol. The molecule has 0 aromatic carbocycles. The van der Waals surface area contributed by atoms with Crippen LogP contribution in [-0.4, -0.2) is 27.5 Å². The van der Waals surface area contributed by atoms with E-state index in [-0.39, 0.29) is 0 Å². The molecule has 0 aliphatic heterocycles. The van der Waals surface area contributed by atoms with Gasteiger partial charge in [-0.05, 0) is 19.6 Å². The first-order valence-corrected chi connectivity index (χ1v) is 8.65. The minimum Gasteiger partial charge on any atom is -0.360 e. The molecule has 18 heavy (non-hydrogen) atoms. The summed E-state index contributed by atoms with van der Waals surface area (Å²) in [6.45, 7) is 7.13. The molecule has 4 nitrogen and oxygen atoms in total. The van der Waals surface area contributed by atoms with Gasteiger partial charge in [0, 0.05) is 12.3 Å². The van der Waals surface area contributed by atoms with Crippen LogP contribution in [0.5, 0.6) is 0 Å². The van der Waals surface area contributed by atoms with Crippen molar-refractivity contribution in [2.24, 2.45) is 0 Å². The summed E-state index contributed by atoms with van der Waals surface area (Å²) in [7, 11) is 0. The highest BCUT2D eigenvalue weighted by molar-refractivity contribution is 7.98. The molecule has 2 heterocycles. The van der Waals surface area contributed by atoms with Crippen LogP contribution in [-0.2, 0) is 5.75 Å². The molecule has 0 amide bonds. The van der Waals surface area contributed by atoms with Gasteiger partial charge in [-0.15, -0.1) is 21.5 Å². The number of nitrogens with one attached hydrogen (secondary N) is 1. The van der Waals surface area contributed by atoms with Gasteiger partial charge in [-0.25, -0.2) is 4.98 Å². The van der Waals surface area contributed by atoms with Gasteiger partial charge in [0.1, 0.15) is 5.01 Å². The first-order chi connectivity index (χ1) is 8.74. The van der Waals surface area contributed by atoms with Crippen molar-refractivity contribution in [1.29, 1.82) is 0 Å². The van der Waals surface area contributed by atoms with Crippen molar-refractivity contribution in [1.82, 2.24) is 15.2 Å².